The summed E-state index contributed by atoms with van der Waals surface area (Å²) in [7, 11) is 1.95. The van der Waals surface area contributed by atoms with Gasteiger partial charge in [0.15, 0.2) is 5.78 Å². The van der Waals surface area contributed by atoms with Gasteiger partial charge in [-0.2, -0.15) is 25.8 Å². The molecule has 1 aromatic carbocycles. The Bertz CT molecular complexity index is 1070. The van der Waals surface area contributed by atoms with Gasteiger partial charge in [-0.05, 0) is 37.0 Å². The smallest absolute Gasteiger partial charge is 0.475 e. The number of aryl methyl sites for hydroxylation is 1. The molecule has 1 aliphatic heterocycles. The van der Waals surface area contributed by atoms with Crippen LogP contribution < -0.4 is 0 Å². The van der Waals surface area contributed by atoms with E-state index >= 15 is 0 Å². The van der Waals surface area contributed by atoms with Crippen LogP contribution in [-0.4, -0.2) is 55.8 Å². The molecule has 1 aromatic heterocycles. The van der Waals surface area contributed by atoms with Gasteiger partial charge < -0.3 is 9.67 Å². The average molecular weight is 500 g/mol. The summed E-state index contributed by atoms with van der Waals surface area (Å²) in [4.78, 5) is 28.4. The number of carbonyl (C=O) groups excluding carboxylic acids is 1. The molecule has 2 unspecified atom stereocenters. The zero-order valence-corrected chi connectivity index (χ0v) is 19.3. The fraction of sp³-hybridized carbons (Fsp3) is 0.435. The Morgan fingerprint density at radius 2 is 1.88 bits per heavy atom. The number of imidazole rings is 1. The van der Waals surface area contributed by atoms with Crippen LogP contribution in [0.1, 0.15) is 36.7 Å². The number of halogens is 4. The number of piperidine rings is 1. The van der Waals surface area contributed by atoms with E-state index in [4.69, 9.17) is 22.5 Å². The van der Waals surface area contributed by atoms with E-state index < -0.39 is 18.2 Å². The summed E-state index contributed by atoms with van der Waals surface area (Å²) in [5, 5.41) is 7.25. The van der Waals surface area contributed by atoms with Crippen molar-refractivity contribution in [2.45, 2.75) is 36.7 Å². The van der Waals surface area contributed by atoms with Crippen LogP contribution in [0.4, 0.5) is 17.6 Å². The highest BCUT2D eigenvalue weighted by Crippen LogP contribution is 2.39. The van der Waals surface area contributed by atoms with E-state index in [0.29, 0.717) is 12.1 Å². The van der Waals surface area contributed by atoms with Crippen molar-refractivity contribution in [3.63, 3.8) is 0 Å². The number of rotatable bonds is 5. The second kappa shape index (κ2) is 10.7. The van der Waals surface area contributed by atoms with E-state index in [-0.39, 0.29) is 22.8 Å². The minimum Gasteiger partial charge on any atom is -0.475 e. The zero-order valence-electron chi connectivity index (χ0n) is 18.4. The molecule has 1 N–H and O–H groups in total. The molecule has 0 amide bonds. The van der Waals surface area contributed by atoms with Gasteiger partial charge in [-0.1, -0.05) is 18.2 Å². The molecule has 2 aromatic rings. The number of likely N-dealkylation sites (tertiary alicyclic amines) is 1. The summed E-state index contributed by atoms with van der Waals surface area (Å²) in [6.45, 7) is 1.32. The number of nitrogens with zero attached hydrogens (tertiary/aromatic N) is 3. The van der Waals surface area contributed by atoms with E-state index in [1.807, 2.05) is 30.0 Å². The molecule has 0 radical (unpaired) electrons. The normalized spacial score (nSPS) is 21.0. The lowest BCUT2D eigenvalue weighted by Crippen LogP contribution is -2.42. The molecule has 2 atom stereocenters. The van der Waals surface area contributed by atoms with Crippen LogP contribution in [0.2, 0.25) is 0 Å². The highest BCUT2D eigenvalue weighted by Gasteiger charge is 2.41. The highest BCUT2D eigenvalue weighted by molar-refractivity contribution is 7.81. The summed E-state index contributed by atoms with van der Waals surface area (Å²) in [6, 6.07) is 6.14. The van der Waals surface area contributed by atoms with Crippen LogP contribution in [0.5, 0.6) is 0 Å². The van der Waals surface area contributed by atoms with Crippen molar-refractivity contribution in [2.75, 3.05) is 13.1 Å². The Morgan fingerprint density at radius 3 is 2.41 bits per heavy atom. The van der Waals surface area contributed by atoms with Gasteiger partial charge in [0.25, 0.3) is 0 Å². The van der Waals surface area contributed by atoms with Gasteiger partial charge in [-0.15, -0.1) is 0 Å². The molecule has 34 heavy (non-hydrogen) atoms. The van der Waals surface area contributed by atoms with Gasteiger partial charge in [0.1, 0.15) is 11.6 Å². The molecule has 0 bridgehead atoms. The molecule has 0 spiro atoms. The first-order valence-electron chi connectivity index (χ1n) is 10.7. The summed E-state index contributed by atoms with van der Waals surface area (Å²) >= 11 is 4.73. The second-order valence-corrected chi connectivity index (χ2v) is 8.92. The molecule has 1 saturated carbocycles. The van der Waals surface area contributed by atoms with Crippen molar-refractivity contribution in [2.24, 2.45) is 13.0 Å². The molecule has 11 heteroatoms. The number of thiol groups is 1. The van der Waals surface area contributed by atoms with Gasteiger partial charge in [0.2, 0.25) is 0 Å². The number of carboxylic acids is 1. The Kier molecular flexibility index (Phi) is 8.19. The number of hydrogen-bond donors (Lipinski definition) is 2. The summed E-state index contributed by atoms with van der Waals surface area (Å²) < 4.78 is 48.2. The fourth-order valence-corrected chi connectivity index (χ4v) is 4.03. The van der Waals surface area contributed by atoms with Crippen LogP contribution >= 0.6 is 12.6 Å². The maximum absolute atomic E-state index is 14.5. The van der Waals surface area contributed by atoms with Gasteiger partial charge >= 0.3 is 12.1 Å². The van der Waals surface area contributed by atoms with Gasteiger partial charge in [-0.3, -0.25) is 9.69 Å². The molecule has 1 aliphatic carbocycles. The predicted molar refractivity (Wildman–Crippen MR) is 121 cm³/mol. The second-order valence-electron chi connectivity index (χ2n) is 8.29. The average Bonchev–Trinajstić information content (AvgIpc) is 3.55. The maximum atomic E-state index is 14.5. The topological polar surface area (TPSA) is 75.4 Å². The molecule has 2 fully saturated rings. The van der Waals surface area contributed by atoms with Crippen LogP contribution in [0, 0.1) is 11.7 Å². The summed E-state index contributed by atoms with van der Waals surface area (Å²) in [5.74, 6) is -1.98. The lowest BCUT2D eigenvalue weighted by Gasteiger charge is -2.37. The number of carboxylic acid groups (broad SMARTS) is 1. The minimum absolute atomic E-state index is 0.0744. The number of carbonyl (C=O) groups is 2. The standard InChI is InChI=1S/C21H24FN3OS.C2HF3O2/c1-24-11-9-23-19(24)12-15-13-25(10-8-18(15)27)20(21(26)14-6-7-14)16-4-2-3-5-17(16)22;3-2(4,5)1(6)7/h2-5,9,11-12,14,18,20,27H,6-8,10,13H2,1H3;(H,6,7). The third-order valence-corrected chi connectivity index (χ3v) is 6.32. The van der Waals surface area contributed by atoms with Gasteiger partial charge in [-0.25, -0.2) is 14.2 Å². The predicted octanol–water partition coefficient (Wildman–Crippen LogP) is 4.30. The highest BCUT2D eigenvalue weighted by atomic mass is 32.1. The summed E-state index contributed by atoms with van der Waals surface area (Å²) in [6.07, 6.45) is 3.29. The summed E-state index contributed by atoms with van der Waals surface area (Å²) in [5.41, 5.74) is 1.60. The third kappa shape index (κ3) is 6.47. The molecule has 2 aliphatic rings. The Hall–Kier alpha value is -2.66. The van der Waals surface area contributed by atoms with Gasteiger partial charge in [0, 0.05) is 49.3 Å². The number of ketones is 1. The first-order valence-corrected chi connectivity index (χ1v) is 11.2. The van der Waals surface area contributed by atoms with E-state index in [0.717, 1.165) is 37.2 Å². The van der Waals surface area contributed by atoms with Gasteiger partial charge in [0.05, 0.1) is 6.04 Å². The van der Waals surface area contributed by atoms with E-state index in [2.05, 4.69) is 9.88 Å². The first kappa shape index (κ1) is 26.0. The molecular formula is C23H25F4N3O3S. The number of aliphatic carboxylic acids is 1. The number of hydrogen-bond acceptors (Lipinski definition) is 5. The molecule has 4 rings (SSSR count). The van der Waals surface area contributed by atoms with E-state index in [9.17, 15) is 22.4 Å². The van der Waals surface area contributed by atoms with Crippen molar-refractivity contribution in [3.8, 4) is 0 Å². The number of aromatic nitrogens is 2. The van der Waals surface area contributed by atoms with Crippen molar-refractivity contribution in [1.82, 2.24) is 14.5 Å². The van der Waals surface area contributed by atoms with Crippen molar-refractivity contribution >= 4 is 30.5 Å². The quantitative estimate of drug-likeness (QED) is 0.474. The lowest BCUT2D eigenvalue weighted by atomic mass is 9.93. The Labute approximate surface area is 199 Å². The van der Waals surface area contributed by atoms with Crippen LogP contribution in [0.25, 0.3) is 6.08 Å². The van der Waals surface area contributed by atoms with Crippen LogP contribution in [-0.2, 0) is 16.6 Å². The van der Waals surface area contributed by atoms with E-state index in [1.54, 1.807) is 18.3 Å². The zero-order chi connectivity index (χ0) is 25.0. The SMILES string of the molecule is Cn1ccnc1C=C1CN(C(C(=O)C2CC2)c2ccccc2F)CCC1S.O=C(O)C(F)(F)F. The molecule has 6 nitrogen and oxygen atoms in total. The van der Waals surface area contributed by atoms with Crippen LogP contribution in [0.3, 0.4) is 0 Å². The largest absolute Gasteiger partial charge is 0.490 e. The Balaban J connectivity index is 0.000000406. The fourth-order valence-electron chi connectivity index (χ4n) is 3.75. The van der Waals surface area contributed by atoms with E-state index in [1.165, 1.54) is 6.07 Å². The molecule has 1 saturated heterocycles. The molecule has 2 heterocycles. The molecular weight excluding hydrogens is 474 g/mol. The van der Waals surface area contributed by atoms with Crippen molar-refractivity contribution in [1.29, 1.82) is 0 Å². The third-order valence-electron chi connectivity index (χ3n) is 5.73. The maximum Gasteiger partial charge on any atom is 0.490 e. The molecule has 184 valence electrons. The Morgan fingerprint density at radius 1 is 1.24 bits per heavy atom. The van der Waals surface area contributed by atoms with Crippen molar-refractivity contribution < 1.29 is 32.3 Å². The number of alkyl halides is 3. The van der Waals surface area contributed by atoms with Crippen LogP contribution in [0.15, 0.2) is 42.2 Å². The van der Waals surface area contributed by atoms with Crippen molar-refractivity contribution in [3.05, 3.63) is 59.4 Å². The minimum atomic E-state index is -5.08. The lowest BCUT2D eigenvalue weighted by molar-refractivity contribution is -0.192. The number of benzene rings is 1. The number of Topliss-reactive ketones (excluding diaryl/α,β-unsaturated/α-hetero) is 1. The first-order chi connectivity index (χ1) is 16.0. The monoisotopic (exact) mass is 499 g/mol.